The molecule has 3 nitrogen and oxygen atoms in total. The summed E-state index contributed by atoms with van der Waals surface area (Å²) >= 11 is 0. The quantitative estimate of drug-likeness (QED) is 0.903. The molecular weight excluding hydrogens is 231 g/mol. The smallest absolute Gasteiger partial charge is 0.145 e. The zero-order valence-electron chi connectivity index (χ0n) is 10.6. The molecule has 18 heavy (non-hydrogen) atoms. The van der Waals surface area contributed by atoms with Crippen LogP contribution in [0.25, 0.3) is 0 Å². The second-order valence-electron chi connectivity index (χ2n) is 4.52. The Kier molecular flexibility index (Phi) is 3.48. The van der Waals surface area contributed by atoms with E-state index in [-0.39, 0.29) is 5.82 Å². The van der Waals surface area contributed by atoms with Crippen molar-refractivity contribution in [2.24, 2.45) is 0 Å². The molecule has 0 aliphatic heterocycles. The number of halogens is 1. The maximum Gasteiger partial charge on any atom is 0.145 e. The molecule has 1 aromatic heterocycles. The molecule has 0 fully saturated rings. The van der Waals surface area contributed by atoms with Gasteiger partial charge in [0.05, 0.1) is 0 Å². The van der Waals surface area contributed by atoms with Crippen LogP contribution in [0.15, 0.2) is 36.7 Å². The highest BCUT2D eigenvalue weighted by Gasteiger charge is 2.30. The minimum absolute atomic E-state index is 0.313. The number of aryl methyl sites for hydroxylation is 1. The second-order valence-corrected chi connectivity index (χ2v) is 4.52. The summed E-state index contributed by atoms with van der Waals surface area (Å²) in [6, 6.07) is 5.86. The van der Waals surface area contributed by atoms with E-state index in [0.29, 0.717) is 11.4 Å². The Morgan fingerprint density at radius 2 is 2.00 bits per heavy atom. The average molecular weight is 248 g/mol. The van der Waals surface area contributed by atoms with Crippen molar-refractivity contribution in [3.63, 3.8) is 0 Å². The van der Waals surface area contributed by atoms with E-state index in [9.17, 15) is 9.50 Å². The Morgan fingerprint density at radius 1 is 1.33 bits per heavy atom. The normalized spacial score (nSPS) is 14.4. The number of benzene rings is 1. The Hall–Kier alpha value is -1.68. The lowest BCUT2D eigenvalue weighted by Crippen LogP contribution is -2.27. The molecule has 1 aromatic carbocycles. The van der Waals surface area contributed by atoms with Gasteiger partial charge in [-0.2, -0.15) is 0 Å². The first-order chi connectivity index (χ1) is 8.55. The highest BCUT2D eigenvalue weighted by Crippen LogP contribution is 2.28. The predicted octanol–water partition coefficient (Wildman–Crippen LogP) is 2.69. The molecule has 2 rings (SSSR count). The van der Waals surface area contributed by atoms with Crippen molar-refractivity contribution >= 4 is 0 Å². The van der Waals surface area contributed by atoms with Crippen molar-refractivity contribution in [2.75, 3.05) is 0 Å². The Morgan fingerprint density at radius 3 is 2.61 bits per heavy atom. The van der Waals surface area contributed by atoms with E-state index in [0.717, 1.165) is 13.0 Å². The standard InChI is InChI=1S/C14H17FN2O/c1-3-9-17-10-8-16-13(17)14(2,18)11-4-6-12(15)7-5-11/h4-8,10,18H,3,9H2,1-2H3. The van der Waals surface area contributed by atoms with Crippen LogP contribution in [0.5, 0.6) is 0 Å². The van der Waals surface area contributed by atoms with Gasteiger partial charge in [0.25, 0.3) is 0 Å². The first kappa shape index (κ1) is 12.8. The third-order valence-electron chi connectivity index (χ3n) is 3.02. The molecule has 96 valence electrons. The van der Waals surface area contributed by atoms with Gasteiger partial charge in [0.15, 0.2) is 0 Å². The van der Waals surface area contributed by atoms with Crippen LogP contribution in [0, 0.1) is 5.82 Å². The zero-order valence-corrected chi connectivity index (χ0v) is 10.6. The molecule has 4 heteroatoms. The number of rotatable bonds is 4. The molecular formula is C14H17FN2O. The molecule has 1 atom stereocenters. The monoisotopic (exact) mass is 248 g/mol. The summed E-state index contributed by atoms with van der Waals surface area (Å²) in [5, 5.41) is 10.6. The third kappa shape index (κ3) is 2.29. The fourth-order valence-electron chi connectivity index (χ4n) is 2.06. The van der Waals surface area contributed by atoms with Gasteiger partial charge in [-0.05, 0) is 31.0 Å². The fraction of sp³-hybridized carbons (Fsp3) is 0.357. The van der Waals surface area contributed by atoms with Crippen molar-refractivity contribution in [1.29, 1.82) is 0 Å². The molecule has 0 aliphatic carbocycles. The van der Waals surface area contributed by atoms with Gasteiger partial charge in [0.1, 0.15) is 17.2 Å². The highest BCUT2D eigenvalue weighted by atomic mass is 19.1. The molecule has 1 N–H and O–H groups in total. The van der Waals surface area contributed by atoms with Gasteiger partial charge in [-0.15, -0.1) is 0 Å². The summed E-state index contributed by atoms with van der Waals surface area (Å²) in [6.07, 6.45) is 4.47. The molecule has 0 radical (unpaired) electrons. The SMILES string of the molecule is CCCn1ccnc1C(C)(O)c1ccc(F)cc1. The van der Waals surface area contributed by atoms with E-state index in [4.69, 9.17) is 0 Å². The number of aliphatic hydroxyl groups is 1. The number of aromatic nitrogens is 2. The van der Waals surface area contributed by atoms with E-state index in [1.807, 2.05) is 10.8 Å². The van der Waals surface area contributed by atoms with Gasteiger partial charge >= 0.3 is 0 Å². The Labute approximate surface area is 106 Å². The first-order valence-corrected chi connectivity index (χ1v) is 6.05. The van der Waals surface area contributed by atoms with E-state index in [1.54, 1.807) is 25.3 Å². The topological polar surface area (TPSA) is 38.0 Å². The molecule has 0 saturated heterocycles. The lowest BCUT2D eigenvalue weighted by Gasteiger charge is -2.24. The minimum Gasteiger partial charge on any atom is -0.377 e. The molecule has 0 amide bonds. The molecule has 0 aliphatic rings. The fourth-order valence-corrected chi connectivity index (χ4v) is 2.06. The third-order valence-corrected chi connectivity index (χ3v) is 3.02. The van der Waals surface area contributed by atoms with Crippen LogP contribution < -0.4 is 0 Å². The molecule has 1 unspecified atom stereocenters. The summed E-state index contributed by atoms with van der Waals surface area (Å²) in [4.78, 5) is 4.22. The van der Waals surface area contributed by atoms with Crippen LogP contribution in [0.3, 0.4) is 0 Å². The molecule has 0 saturated carbocycles. The summed E-state index contributed by atoms with van der Waals surface area (Å²) in [5.74, 6) is 0.266. The summed E-state index contributed by atoms with van der Waals surface area (Å²) < 4.78 is 14.8. The Bertz CT molecular complexity index is 517. The van der Waals surface area contributed by atoms with E-state index in [1.165, 1.54) is 12.1 Å². The van der Waals surface area contributed by atoms with Crippen LogP contribution in [0.2, 0.25) is 0 Å². The van der Waals surface area contributed by atoms with E-state index in [2.05, 4.69) is 11.9 Å². The van der Waals surface area contributed by atoms with Crippen molar-refractivity contribution in [3.8, 4) is 0 Å². The lowest BCUT2D eigenvalue weighted by atomic mass is 9.95. The predicted molar refractivity (Wildman–Crippen MR) is 67.6 cm³/mol. The van der Waals surface area contributed by atoms with Crippen molar-refractivity contribution in [3.05, 3.63) is 53.9 Å². The second kappa shape index (κ2) is 4.90. The summed E-state index contributed by atoms with van der Waals surface area (Å²) in [7, 11) is 0. The van der Waals surface area contributed by atoms with Gasteiger partial charge in [-0.1, -0.05) is 19.1 Å². The van der Waals surface area contributed by atoms with Crippen molar-refractivity contribution in [2.45, 2.75) is 32.4 Å². The van der Waals surface area contributed by atoms with E-state index < -0.39 is 5.60 Å². The van der Waals surface area contributed by atoms with Gasteiger partial charge in [0.2, 0.25) is 0 Å². The summed E-state index contributed by atoms with van der Waals surface area (Å²) in [6.45, 7) is 4.54. The minimum atomic E-state index is -1.22. The van der Waals surface area contributed by atoms with Crippen LogP contribution in [-0.2, 0) is 12.1 Å². The largest absolute Gasteiger partial charge is 0.377 e. The highest BCUT2D eigenvalue weighted by molar-refractivity contribution is 5.29. The number of nitrogens with zero attached hydrogens (tertiary/aromatic N) is 2. The summed E-state index contributed by atoms with van der Waals surface area (Å²) in [5.41, 5.74) is -0.584. The molecule has 1 heterocycles. The first-order valence-electron chi connectivity index (χ1n) is 6.05. The van der Waals surface area contributed by atoms with Crippen molar-refractivity contribution in [1.82, 2.24) is 9.55 Å². The van der Waals surface area contributed by atoms with E-state index >= 15 is 0 Å². The lowest BCUT2D eigenvalue weighted by molar-refractivity contribution is 0.0878. The van der Waals surface area contributed by atoms with Gasteiger partial charge in [-0.3, -0.25) is 0 Å². The van der Waals surface area contributed by atoms with Gasteiger partial charge in [0, 0.05) is 18.9 Å². The molecule has 2 aromatic rings. The molecule has 0 bridgehead atoms. The van der Waals surface area contributed by atoms with Crippen LogP contribution in [0.1, 0.15) is 31.7 Å². The maximum atomic E-state index is 12.9. The zero-order chi connectivity index (χ0) is 13.2. The average Bonchev–Trinajstić information content (AvgIpc) is 2.79. The number of hydrogen-bond donors (Lipinski definition) is 1. The van der Waals surface area contributed by atoms with Crippen LogP contribution in [0.4, 0.5) is 4.39 Å². The number of imidazole rings is 1. The number of hydrogen-bond acceptors (Lipinski definition) is 2. The van der Waals surface area contributed by atoms with Crippen molar-refractivity contribution < 1.29 is 9.50 Å². The van der Waals surface area contributed by atoms with Crippen LogP contribution >= 0.6 is 0 Å². The van der Waals surface area contributed by atoms with Gasteiger partial charge < -0.3 is 9.67 Å². The molecule has 0 spiro atoms. The Balaban J connectivity index is 2.40. The van der Waals surface area contributed by atoms with Gasteiger partial charge in [-0.25, -0.2) is 9.37 Å². The maximum absolute atomic E-state index is 12.9. The van der Waals surface area contributed by atoms with Crippen LogP contribution in [-0.4, -0.2) is 14.7 Å².